The topological polar surface area (TPSA) is 66.4 Å². The van der Waals surface area contributed by atoms with E-state index in [4.69, 9.17) is 0 Å². The minimum absolute atomic E-state index is 0.808. The second kappa shape index (κ2) is 6.09. The molecule has 0 aliphatic heterocycles. The first-order valence-corrected chi connectivity index (χ1v) is 4.88. The molecule has 0 bridgehead atoms. The van der Waals surface area contributed by atoms with E-state index in [9.17, 15) is 13.0 Å². The van der Waals surface area contributed by atoms with Crippen LogP contribution in [0.4, 0.5) is 0 Å². The fourth-order valence-electron chi connectivity index (χ4n) is 0.387. The predicted octanol–water partition coefficient (Wildman–Crippen LogP) is -0.0284. The summed E-state index contributed by atoms with van der Waals surface area (Å²) in [4.78, 5) is 0. The van der Waals surface area contributed by atoms with Gasteiger partial charge in [0.1, 0.15) is 0 Å². The van der Waals surface area contributed by atoms with Crippen LogP contribution in [0.1, 0.15) is 0 Å². The zero-order chi connectivity index (χ0) is 11.1. The number of rotatable bonds is 3. The van der Waals surface area contributed by atoms with Gasteiger partial charge in [-0.15, -0.1) is 0 Å². The standard InChI is InChI=1S/C6H14N.CH4O4S/c1-5-6-7(2,3)4;1-5-6(2,3)4/h5H,1,6H2,2-4H3;1H3,(H,2,3,4)/q+1;/p-1. The maximum absolute atomic E-state index is 9.22. The third-order valence-electron chi connectivity index (χ3n) is 0.881. The number of nitrogens with zero attached hydrogens (tertiary/aromatic N) is 1. The Morgan fingerprint density at radius 3 is 1.77 bits per heavy atom. The predicted molar refractivity (Wildman–Crippen MR) is 49.8 cm³/mol. The maximum Gasteiger partial charge on any atom is 0.217 e. The van der Waals surface area contributed by atoms with Crippen LogP contribution in [0.3, 0.4) is 0 Å². The van der Waals surface area contributed by atoms with Crippen LogP contribution in [0.25, 0.3) is 0 Å². The second-order valence-electron chi connectivity index (χ2n) is 3.34. The zero-order valence-electron chi connectivity index (χ0n) is 8.48. The molecule has 6 heteroatoms. The SMILES string of the molecule is C=CC[N+](C)(C)C.COS(=O)(=O)[O-]. The molecule has 0 rings (SSSR count). The lowest BCUT2D eigenvalue weighted by atomic mass is 10.5. The van der Waals surface area contributed by atoms with Crippen LogP contribution in [0.15, 0.2) is 12.7 Å². The lowest BCUT2D eigenvalue weighted by Gasteiger charge is -2.21. The molecule has 0 amide bonds. The maximum atomic E-state index is 9.22. The van der Waals surface area contributed by atoms with Crippen molar-refractivity contribution in [3.63, 3.8) is 0 Å². The third-order valence-corrected chi connectivity index (χ3v) is 1.29. The van der Waals surface area contributed by atoms with E-state index in [0.29, 0.717) is 0 Å². The van der Waals surface area contributed by atoms with Crippen molar-refractivity contribution in [3.05, 3.63) is 12.7 Å². The molecule has 0 radical (unpaired) electrons. The molecule has 0 spiro atoms. The van der Waals surface area contributed by atoms with Crippen LogP contribution in [0.2, 0.25) is 0 Å². The summed E-state index contributed by atoms with van der Waals surface area (Å²) in [5.41, 5.74) is 0. The molecule has 0 N–H and O–H groups in total. The largest absolute Gasteiger partial charge is 0.726 e. The lowest BCUT2D eigenvalue weighted by Crippen LogP contribution is -2.33. The molecule has 0 saturated carbocycles. The van der Waals surface area contributed by atoms with Crippen LogP contribution >= 0.6 is 0 Å². The number of quaternary nitrogens is 1. The first-order valence-electron chi connectivity index (χ1n) is 3.55. The Hall–Kier alpha value is -0.430. The van der Waals surface area contributed by atoms with E-state index in [1.165, 1.54) is 0 Å². The van der Waals surface area contributed by atoms with Gasteiger partial charge in [0.2, 0.25) is 10.4 Å². The highest BCUT2D eigenvalue weighted by Gasteiger charge is 1.99. The fraction of sp³-hybridized carbons (Fsp3) is 0.714. The van der Waals surface area contributed by atoms with Gasteiger partial charge in [-0.05, 0) is 6.08 Å². The van der Waals surface area contributed by atoms with Gasteiger partial charge < -0.3 is 9.04 Å². The Kier molecular flexibility index (Phi) is 7.05. The average Bonchev–Trinajstić information content (AvgIpc) is 1.84. The molecule has 0 aromatic rings. The minimum atomic E-state index is -4.41. The Morgan fingerprint density at radius 1 is 1.46 bits per heavy atom. The second-order valence-corrected chi connectivity index (χ2v) is 4.49. The van der Waals surface area contributed by atoms with E-state index >= 15 is 0 Å². The average molecular weight is 211 g/mol. The van der Waals surface area contributed by atoms with E-state index in [1.807, 2.05) is 6.08 Å². The number of likely N-dealkylation sites (N-methyl/N-ethyl adjacent to an activating group) is 1. The molecule has 0 atom stereocenters. The van der Waals surface area contributed by atoms with Crippen LogP contribution in [-0.2, 0) is 14.6 Å². The molecule has 0 aromatic carbocycles. The summed E-state index contributed by atoms with van der Waals surface area (Å²) in [5.74, 6) is 0. The summed E-state index contributed by atoms with van der Waals surface area (Å²) in [7, 11) is 2.82. The van der Waals surface area contributed by atoms with Gasteiger partial charge in [-0.3, -0.25) is 4.18 Å². The first kappa shape index (κ1) is 15.1. The van der Waals surface area contributed by atoms with E-state index < -0.39 is 10.4 Å². The Bertz CT molecular complexity index is 227. The molecule has 0 aliphatic carbocycles. The summed E-state index contributed by atoms with van der Waals surface area (Å²) >= 11 is 0. The van der Waals surface area contributed by atoms with Gasteiger partial charge in [0.15, 0.2) is 0 Å². The molecule has 0 unspecified atom stereocenters. The van der Waals surface area contributed by atoms with E-state index in [2.05, 4.69) is 31.9 Å². The van der Waals surface area contributed by atoms with Crippen molar-refractivity contribution in [2.24, 2.45) is 0 Å². The summed E-state index contributed by atoms with van der Waals surface area (Å²) in [6.45, 7) is 4.67. The number of hydrogen-bond donors (Lipinski definition) is 0. The van der Waals surface area contributed by atoms with Crippen molar-refractivity contribution >= 4 is 10.4 Å². The monoisotopic (exact) mass is 211 g/mol. The highest BCUT2D eigenvalue weighted by atomic mass is 32.3. The van der Waals surface area contributed by atoms with Crippen molar-refractivity contribution < 1.29 is 21.6 Å². The van der Waals surface area contributed by atoms with Crippen LogP contribution < -0.4 is 0 Å². The van der Waals surface area contributed by atoms with Gasteiger partial charge >= 0.3 is 0 Å². The van der Waals surface area contributed by atoms with Crippen LogP contribution in [0.5, 0.6) is 0 Å². The van der Waals surface area contributed by atoms with Gasteiger partial charge in [-0.1, -0.05) is 6.58 Å². The molecule has 0 aromatic heterocycles. The Morgan fingerprint density at radius 2 is 1.77 bits per heavy atom. The van der Waals surface area contributed by atoms with E-state index in [0.717, 1.165) is 18.1 Å². The molecule has 80 valence electrons. The van der Waals surface area contributed by atoms with Gasteiger partial charge in [-0.2, -0.15) is 0 Å². The summed E-state index contributed by atoms with van der Waals surface area (Å²) in [6.07, 6.45) is 1.93. The van der Waals surface area contributed by atoms with Gasteiger partial charge in [-0.25, -0.2) is 8.42 Å². The van der Waals surface area contributed by atoms with Gasteiger partial charge in [0, 0.05) is 0 Å². The Balaban J connectivity index is 0. The molecular weight excluding hydrogens is 194 g/mol. The zero-order valence-corrected chi connectivity index (χ0v) is 9.30. The van der Waals surface area contributed by atoms with Crippen molar-refractivity contribution in [2.45, 2.75) is 0 Å². The molecule has 0 saturated heterocycles. The quantitative estimate of drug-likeness (QED) is 0.284. The van der Waals surface area contributed by atoms with Crippen LogP contribution in [-0.4, -0.2) is 52.3 Å². The summed E-state index contributed by atoms with van der Waals surface area (Å²) < 4.78 is 32.0. The van der Waals surface area contributed by atoms with Crippen molar-refractivity contribution in [1.82, 2.24) is 0 Å². The molecule has 0 aliphatic rings. The molecule has 0 fully saturated rings. The minimum Gasteiger partial charge on any atom is -0.726 e. The summed E-state index contributed by atoms with van der Waals surface area (Å²) in [6, 6.07) is 0. The normalized spacial score (nSPS) is 11.5. The summed E-state index contributed by atoms with van der Waals surface area (Å²) in [5, 5.41) is 0. The molecule has 13 heavy (non-hydrogen) atoms. The number of hydrogen-bond acceptors (Lipinski definition) is 4. The smallest absolute Gasteiger partial charge is 0.217 e. The van der Waals surface area contributed by atoms with Crippen molar-refractivity contribution in [1.29, 1.82) is 0 Å². The third kappa shape index (κ3) is 24.5. The molecule has 0 heterocycles. The van der Waals surface area contributed by atoms with Gasteiger partial charge in [0.25, 0.3) is 0 Å². The van der Waals surface area contributed by atoms with Crippen LogP contribution in [0, 0.1) is 0 Å². The lowest BCUT2D eigenvalue weighted by molar-refractivity contribution is -0.864. The van der Waals surface area contributed by atoms with E-state index in [1.54, 1.807) is 0 Å². The fourth-order valence-corrected chi connectivity index (χ4v) is 0.387. The molecule has 5 nitrogen and oxygen atoms in total. The van der Waals surface area contributed by atoms with Gasteiger partial charge in [0.05, 0.1) is 34.8 Å². The Labute approximate surface area is 80.2 Å². The highest BCUT2D eigenvalue weighted by molar-refractivity contribution is 7.80. The van der Waals surface area contributed by atoms with Crippen molar-refractivity contribution in [2.75, 3.05) is 34.8 Å². The van der Waals surface area contributed by atoms with Crippen molar-refractivity contribution in [3.8, 4) is 0 Å². The molecular formula is C7H17NO4S. The first-order chi connectivity index (χ1) is 5.62. The van der Waals surface area contributed by atoms with E-state index in [-0.39, 0.29) is 0 Å². The highest BCUT2D eigenvalue weighted by Crippen LogP contribution is 1.86.